The summed E-state index contributed by atoms with van der Waals surface area (Å²) in [5.74, 6) is 2.87. The molecule has 8 heterocycles. The third-order valence-electron chi connectivity index (χ3n) is 15.8. The molecule has 8 aliphatic rings. The summed E-state index contributed by atoms with van der Waals surface area (Å²) in [5.41, 5.74) is 9.11. The smallest absolute Gasteiger partial charge is 0.340 e. The zero-order valence-electron chi connectivity index (χ0n) is 37.4. The first-order chi connectivity index (χ1) is 32.0. The second-order valence-electron chi connectivity index (χ2n) is 21.2. The molecule has 2 atom stereocenters. The lowest BCUT2D eigenvalue weighted by molar-refractivity contribution is 0.0214. The molecule has 6 aromatic carbocycles. The Morgan fingerprint density at radius 1 is 0.485 bits per heavy atom. The highest BCUT2D eigenvalue weighted by molar-refractivity contribution is 5.98. The van der Waals surface area contributed by atoms with Crippen LogP contribution in [-0.4, -0.2) is 64.3 Å². The van der Waals surface area contributed by atoms with E-state index in [1.807, 2.05) is 48.5 Å². The molecule has 14 rings (SSSR count). The topological polar surface area (TPSA) is 84.0 Å². The van der Waals surface area contributed by atoms with E-state index < -0.39 is 11.2 Å². The van der Waals surface area contributed by atoms with Gasteiger partial charge in [-0.2, -0.15) is 0 Å². The minimum atomic E-state index is -1.08. The van der Waals surface area contributed by atoms with Crippen molar-refractivity contribution >= 4 is 34.7 Å². The molecule has 0 bridgehead atoms. The normalized spacial score (nSPS) is 24.2. The Morgan fingerprint density at radius 2 is 0.894 bits per heavy atom. The molecule has 4 fully saturated rings. The fraction of sp³-hybridized carbons (Fsp3) is 0.321. The highest BCUT2D eigenvalue weighted by Crippen LogP contribution is 2.59. The minimum absolute atomic E-state index is 0.171. The van der Waals surface area contributed by atoms with Gasteiger partial charge in [-0.1, -0.05) is 57.2 Å². The van der Waals surface area contributed by atoms with Crippen molar-refractivity contribution in [2.45, 2.75) is 44.8 Å². The number of carbonyl (C=O) groups is 2. The number of nitrogens with zero attached hydrogens (tertiary/aromatic N) is 4. The van der Waals surface area contributed by atoms with E-state index in [9.17, 15) is 9.59 Å². The highest BCUT2D eigenvalue weighted by Gasteiger charge is 2.56. The van der Waals surface area contributed by atoms with Gasteiger partial charge in [-0.3, -0.25) is 0 Å². The summed E-state index contributed by atoms with van der Waals surface area (Å²) in [6, 6.07) is 41.1. The van der Waals surface area contributed by atoms with Gasteiger partial charge in [0, 0.05) is 138 Å². The molecule has 2 unspecified atom stereocenters. The van der Waals surface area contributed by atoms with Crippen LogP contribution in [-0.2, 0) is 20.7 Å². The maximum atomic E-state index is 13.5. The molecule has 330 valence electrons. The van der Waals surface area contributed by atoms with Gasteiger partial charge in [-0.15, -0.1) is 0 Å². The lowest BCUT2D eigenvalue weighted by atomic mass is 9.72. The summed E-state index contributed by atoms with van der Waals surface area (Å²) in [5, 5.41) is 0. The van der Waals surface area contributed by atoms with E-state index in [1.54, 1.807) is 0 Å². The van der Waals surface area contributed by atoms with Gasteiger partial charge < -0.3 is 38.5 Å². The molecule has 0 amide bonds. The molecule has 2 spiro atoms. The summed E-state index contributed by atoms with van der Waals surface area (Å²) in [4.78, 5) is 36.6. The monoisotopic (exact) mass is 874 g/mol. The molecule has 0 saturated carbocycles. The number of esters is 2. The standard InChI is InChI=1S/C56H50N4O6/c1-53(2)30-59(31-53)37-15-19-45-49(25-37)64-50-26-38(16-20-46(50)56(45)42-12-7-5-10-40(42)52(62)66-56)60-32-54(3,33-60)27-34-28-58(29-34)36-14-18-44-48(24-36)63-47-23-35(57-21-8-22-57)13-17-43(47)55(44)41-11-6-4-9-39(41)51(61)65-55/h4-7,9-20,23-26,34H,8,21-22,27-33H2,1-3H3. The largest absolute Gasteiger partial charge is 0.456 e. The Hall–Kier alpha value is -6.94. The summed E-state index contributed by atoms with van der Waals surface area (Å²) in [6.45, 7) is 14.9. The van der Waals surface area contributed by atoms with Crippen LogP contribution >= 0.6 is 0 Å². The zero-order chi connectivity index (χ0) is 44.3. The number of fused-ring (bicyclic) bond motifs is 12. The van der Waals surface area contributed by atoms with Crippen LogP contribution < -0.4 is 29.1 Å². The number of benzene rings is 6. The predicted molar refractivity (Wildman–Crippen MR) is 253 cm³/mol. The van der Waals surface area contributed by atoms with E-state index in [0.717, 1.165) is 138 Å². The van der Waals surface area contributed by atoms with Gasteiger partial charge in [0.25, 0.3) is 0 Å². The summed E-state index contributed by atoms with van der Waals surface area (Å²) < 4.78 is 26.5. The van der Waals surface area contributed by atoms with Crippen molar-refractivity contribution in [1.29, 1.82) is 0 Å². The third-order valence-corrected chi connectivity index (χ3v) is 15.8. The molecule has 8 aliphatic heterocycles. The summed E-state index contributed by atoms with van der Waals surface area (Å²) in [7, 11) is 0. The van der Waals surface area contributed by atoms with E-state index >= 15 is 0 Å². The fourth-order valence-electron chi connectivity index (χ4n) is 12.6. The molecule has 66 heavy (non-hydrogen) atoms. The maximum Gasteiger partial charge on any atom is 0.340 e. The van der Waals surface area contributed by atoms with Gasteiger partial charge in [0.1, 0.15) is 23.0 Å². The van der Waals surface area contributed by atoms with Crippen molar-refractivity contribution < 1.29 is 28.5 Å². The Labute approximate surface area is 384 Å². The van der Waals surface area contributed by atoms with Crippen molar-refractivity contribution in [3.8, 4) is 23.0 Å². The number of hydrogen-bond acceptors (Lipinski definition) is 10. The molecule has 10 nitrogen and oxygen atoms in total. The second-order valence-corrected chi connectivity index (χ2v) is 21.2. The Kier molecular flexibility index (Phi) is 7.62. The van der Waals surface area contributed by atoms with Crippen molar-refractivity contribution in [3.63, 3.8) is 0 Å². The van der Waals surface area contributed by atoms with Crippen LogP contribution in [0.25, 0.3) is 0 Å². The first-order valence-electron chi connectivity index (χ1n) is 23.6. The van der Waals surface area contributed by atoms with Crippen molar-refractivity contribution in [1.82, 2.24) is 0 Å². The molecular weight excluding hydrogens is 825 g/mol. The van der Waals surface area contributed by atoms with Crippen molar-refractivity contribution in [3.05, 3.63) is 166 Å². The third kappa shape index (κ3) is 5.29. The van der Waals surface area contributed by atoms with Gasteiger partial charge in [0.05, 0.1) is 11.1 Å². The molecule has 4 saturated heterocycles. The number of anilines is 4. The van der Waals surface area contributed by atoms with E-state index in [4.69, 9.17) is 18.9 Å². The number of carbonyl (C=O) groups excluding carboxylic acids is 2. The van der Waals surface area contributed by atoms with Gasteiger partial charge in [0.2, 0.25) is 0 Å². The van der Waals surface area contributed by atoms with Crippen LogP contribution in [0.15, 0.2) is 121 Å². The van der Waals surface area contributed by atoms with Gasteiger partial charge in [-0.25, -0.2) is 9.59 Å². The number of hydrogen-bond donors (Lipinski definition) is 0. The minimum Gasteiger partial charge on any atom is -0.456 e. The van der Waals surface area contributed by atoms with E-state index in [2.05, 4.69) is 113 Å². The van der Waals surface area contributed by atoms with Crippen LogP contribution in [0.4, 0.5) is 22.7 Å². The first-order valence-corrected chi connectivity index (χ1v) is 23.6. The second kappa shape index (κ2) is 13.1. The van der Waals surface area contributed by atoms with Gasteiger partial charge >= 0.3 is 11.9 Å². The van der Waals surface area contributed by atoms with Crippen molar-refractivity contribution in [2.75, 3.05) is 72.0 Å². The van der Waals surface area contributed by atoms with E-state index in [1.165, 1.54) is 6.42 Å². The van der Waals surface area contributed by atoms with Gasteiger partial charge in [-0.05, 0) is 84.8 Å². The molecule has 10 heteroatoms. The number of rotatable bonds is 6. The Bertz CT molecular complexity index is 3100. The molecule has 0 aromatic heterocycles. The van der Waals surface area contributed by atoms with Crippen LogP contribution in [0.5, 0.6) is 23.0 Å². The molecule has 6 aromatic rings. The van der Waals surface area contributed by atoms with E-state index in [-0.39, 0.29) is 22.8 Å². The Morgan fingerprint density at radius 3 is 1.32 bits per heavy atom. The van der Waals surface area contributed by atoms with Crippen molar-refractivity contribution in [2.24, 2.45) is 16.7 Å². The average Bonchev–Trinajstić information content (AvgIpc) is 3.72. The molecular formula is C56H50N4O6. The van der Waals surface area contributed by atoms with Crippen LogP contribution in [0.3, 0.4) is 0 Å². The zero-order valence-corrected chi connectivity index (χ0v) is 37.4. The maximum absolute atomic E-state index is 13.5. The predicted octanol–water partition coefficient (Wildman–Crippen LogP) is 10.2. The SMILES string of the molecule is CC1(C)CN(c2ccc3c(c2)Oc2cc(N4CC(C)(CC5CN(c6ccc7c(c6)Oc6cc(N8CCC8)ccc6C76OC(=O)c7ccccc76)C5)C4)ccc2C32OC(=O)c3ccccc32)C1. The highest BCUT2D eigenvalue weighted by atomic mass is 16.6. The average molecular weight is 875 g/mol. The first kappa shape index (κ1) is 38.3. The summed E-state index contributed by atoms with van der Waals surface area (Å²) >= 11 is 0. The van der Waals surface area contributed by atoms with Crippen LogP contribution in [0.2, 0.25) is 0 Å². The number of ether oxygens (including phenoxy) is 4. The van der Waals surface area contributed by atoms with Gasteiger partial charge in [0.15, 0.2) is 11.2 Å². The van der Waals surface area contributed by atoms with Crippen LogP contribution in [0.1, 0.15) is 87.7 Å². The lowest BCUT2D eigenvalue weighted by Gasteiger charge is -2.53. The summed E-state index contributed by atoms with van der Waals surface area (Å²) in [6.07, 6.45) is 2.31. The Balaban J connectivity index is 0.697. The van der Waals surface area contributed by atoms with E-state index in [0.29, 0.717) is 17.0 Å². The fourth-order valence-corrected chi connectivity index (χ4v) is 12.6. The molecule has 0 radical (unpaired) electrons. The quantitative estimate of drug-likeness (QED) is 0.151. The van der Waals surface area contributed by atoms with Crippen LogP contribution in [0, 0.1) is 16.7 Å². The lowest BCUT2D eigenvalue weighted by Crippen LogP contribution is -2.58. The molecule has 0 N–H and O–H groups in total. The molecule has 0 aliphatic carbocycles.